The highest BCUT2D eigenvalue weighted by molar-refractivity contribution is 4.69. The third-order valence-corrected chi connectivity index (χ3v) is 4.63. The maximum atomic E-state index is 3.79. The van der Waals surface area contributed by atoms with Gasteiger partial charge in [-0.1, -0.05) is 111 Å². The Kier molecular flexibility index (Phi) is 17.3. The van der Waals surface area contributed by atoms with Crippen LogP contribution in [0.3, 0.4) is 0 Å². The summed E-state index contributed by atoms with van der Waals surface area (Å²) in [6.45, 7) is 9.17. The molecule has 0 spiro atoms. The van der Waals surface area contributed by atoms with Crippen LogP contribution in [-0.2, 0) is 0 Å². The van der Waals surface area contributed by atoms with Gasteiger partial charge >= 0.3 is 0 Å². The minimum absolute atomic E-state index is 0.634. The Morgan fingerprint density at radius 1 is 0.545 bits per heavy atom. The molecule has 134 valence electrons. The fourth-order valence-electron chi connectivity index (χ4n) is 3.30. The Balaban J connectivity index is 3.61. The molecule has 0 heterocycles. The van der Waals surface area contributed by atoms with Crippen LogP contribution in [0.2, 0.25) is 0 Å². The van der Waals surface area contributed by atoms with E-state index in [2.05, 4.69) is 33.0 Å². The van der Waals surface area contributed by atoms with Crippen molar-refractivity contribution in [3.8, 4) is 0 Å². The maximum Gasteiger partial charge on any atom is 0.00694 e. The van der Waals surface area contributed by atoms with Crippen LogP contribution < -0.4 is 5.32 Å². The number of unbranched alkanes of at least 4 members (excludes halogenated alkanes) is 11. The lowest BCUT2D eigenvalue weighted by Crippen LogP contribution is -2.34. The van der Waals surface area contributed by atoms with Gasteiger partial charge in [0.05, 0.1) is 0 Å². The fourth-order valence-corrected chi connectivity index (χ4v) is 3.30. The molecule has 0 aliphatic carbocycles. The lowest BCUT2D eigenvalue weighted by molar-refractivity contribution is 0.386. The van der Waals surface area contributed by atoms with Gasteiger partial charge < -0.3 is 5.32 Å². The predicted molar refractivity (Wildman–Crippen MR) is 103 cm³/mol. The molecule has 1 atom stereocenters. The normalized spacial score (nSPS) is 13.0. The van der Waals surface area contributed by atoms with Crippen molar-refractivity contribution in [1.29, 1.82) is 0 Å². The van der Waals surface area contributed by atoms with E-state index in [0.29, 0.717) is 6.04 Å². The van der Waals surface area contributed by atoms with Gasteiger partial charge in [0.1, 0.15) is 0 Å². The monoisotopic (exact) mass is 311 g/mol. The van der Waals surface area contributed by atoms with Crippen molar-refractivity contribution < 1.29 is 0 Å². The van der Waals surface area contributed by atoms with Crippen LogP contribution in [0.15, 0.2) is 0 Å². The van der Waals surface area contributed by atoms with E-state index < -0.39 is 0 Å². The molecule has 0 aromatic heterocycles. The second-order valence-electron chi connectivity index (χ2n) is 7.48. The third kappa shape index (κ3) is 16.3. The van der Waals surface area contributed by atoms with Crippen molar-refractivity contribution in [2.45, 2.75) is 136 Å². The van der Waals surface area contributed by atoms with Gasteiger partial charge in [0.2, 0.25) is 0 Å². The van der Waals surface area contributed by atoms with Crippen LogP contribution in [0.1, 0.15) is 124 Å². The van der Waals surface area contributed by atoms with Gasteiger partial charge in [0.25, 0.3) is 0 Å². The molecule has 1 heteroatoms. The molecule has 0 aliphatic heterocycles. The first-order chi connectivity index (χ1) is 10.7. The third-order valence-electron chi connectivity index (χ3n) is 4.63. The molecule has 0 aliphatic rings. The van der Waals surface area contributed by atoms with Crippen LogP contribution in [0, 0.1) is 0 Å². The summed E-state index contributed by atoms with van der Waals surface area (Å²) in [6, 6.07) is 1.40. The Morgan fingerprint density at radius 2 is 0.909 bits per heavy atom. The van der Waals surface area contributed by atoms with Gasteiger partial charge in [-0.2, -0.15) is 0 Å². The molecule has 0 aromatic carbocycles. The van der Waals surface area contributed by atoms with Gasteiger partial charge in [-0.25, -0.2) is 0 Å². The van der Waals surface area contributed by atoms with Crippen molar-refractivity contribution in [3.05, 3.63) is 0 Å². The minimum atomic E-state index is 0.634. The molecule has 0 bridgehead atoms. The van der Waals surface area contributed by atoms with Crippen molar-refractivity contribution in [1.82, 2.24) is 5.32 Å². The topological polar surface area (TPSA) is 12.0 Å². The van der Waals surface area contributed by atoms with Gasteiger partial charge in [-0.05, 0) is 12.8 Å². The van der Waals surface area contributed by atoms with Crippen LogP contribution >= 0.6 is 0 Å². The smallest absolute Gasteiger partial charge is 0.00694 e. The predicted octanol–water partition coefficient (Wildman–Crippen LogP) is 7.24. The molecule has 0 fully saturated rings. The van der Waals surface area contributed by atoms with E-state index in [9.17, 15) is 0 Å². The summed E-state index contributed by atoms with van der Waals surface area (Å²) in [5.74, 6) is 0. The molecule has 0 radical (unpaired) electrons. The van der Waals surface area contributed by atoms with Gasteiger partial charge in [-0.15, -0.1) is 0 Å². The van der Waals surface area contributed by atoms with E-state index in [1.807, 2.05) is 0 Å². The minimum Gasteiger partial charge on any atom is -0.312 e. The Morgan fingerprint density at radius 3 is 1.27 bits per heavy atom. The molecule has 0 amide bonds. The molecule has 0 saturated heterocycles. The summed E-state index contributed by atoms with van der Waals surface area (Å²) >= 11 is 0. The number of hydrogen-bond acceptors (Lipinski definition) is 1. The van der Waals surface area contributed by atoms with E-state index in [4.69, 9.17) is 0 Å². The van der Waals surface area contributed by atoms with Crippen LogP contribution in [0.4, 0.5) is 0 Å². The quantitative estimate of drug-likeness (QED) is 0.279. The summed E-state index contributed by atoms with van der Waals surface area (Å²) in [4.78, 5) is 0. The lowest BCUT2D eigenvalue weighted by Gasteiger charge is -2.21. The number of nitrogens with one attached hydrogen (secondary N) is 1. The molecule has 0 aromatic rings. The van der Waals surface area contributed by atoms with Gasteiger partial charge in [0.15, 0.2) is 0 Å². The zero-order valence-electron chi connectivity index (χ0n) is 16.3. The summed E-state index contributed by atoms with van der Waals surface area (Å²) in [5.41, 5.74) is 0. The van der Waals surface area contributed by atoms with E-state index in [0.717, 1.165) is 6.04 Å². The van der Waals surface area contributed by atoms with Crippen molar-refractivity contribution in [2.75, 3.05) is 0 Å². The average molecular weight is 312 g/mol. The molecule has 0 rings (SSSR count). The van der Waals surface area contributed by atoms with Crippen LogP contribution in [-0.4, -0.2) is 12.1 Å². The van der Waals surface area contributed by atoms with E-state index >= 15 is 0 Å². The SMILES string of the molecule is CCCCCCCCCC(CCCCCCCC)NC(C)C. The van der Waals surface area contributed by atoms with Crippen LogP contribution in [0.25, 0.3) is 0 Å². The van der Waals surface area contributed by atoms with E-state index in [1.54, 1.807) is 0 Å². The molecular formula is C21H45N. The molecule has 1 unspecified atom stereocenters. The Bertz CT molecular complexity index is 200. The van der Waals surface area contributed by atoms with Crippen molar-refractivity contribution in [2.24, 2.45) is 0 Å². The molecular weight excluding hydrogens is 266 g/mol. The van der Waals surface area contributed by atoms with Gasteiger partial charge in [0, 0.05) is 12.1 Å². The number of rotatable bonds is 17. The first-order valence-corrected chi connectivity index (χ1v) is 10.5. The highest BCUT2D eigenvalue weighted by Crippen LogP contribution is 2.15. The second kappa shape index (κ2) is 17.3. The molecule has 1 N–H and O–H groups in total. The standard InChI is InChI=1S/C21H45N/c1-5-7-9-11-13-15-17-19-21(22-20(3)4)18-16-14-12-10-8-6-2/h20-22H,5-19H2,1-4H3. The van der Waals surface area contributed by atoms with Gasteiger partial charge in [-0.3, -0.25) is 0 Å². The Labute approximate surface area is 142 Å². The summed E-state index contributed by atoms with van der Waals surface area (Å²) in [7, 11) is 0. The lowest BCUT2D eigenvalue weighted by atomic mass is 9.99. The van der Waals surface area contributed by atoms with E-state index in [-0.39, 0.29) is 0 Å². The maximum absolute atomic E-state index is 3.79. The Hall–Kier alpha value is -0.0400. The average Bonchev–Trinajstić information content (AvgIpc) is 2.49. The zero-order valence-corrected chi connectivity index (χ0v) is 16.3. The summed E-state index contributed by atoms with van der Waals surface area (Å²) < 4.78 is 0. The molecule has 0 saturated carbocycles. The highest BCUT2D eigenvalue weighted by atomic mass is 14.9. The summed E-state index contributed by atoms with van der Waals surface area (Å²) in [6.07, 6.45) is 21.3. The first kappa shape index (κ1) is 22.0. The zero-order chi connectivity index (χ0) is 16.5. The second-order valence-corrected chi connectivity index (χ2v) is 7.48. The number of hydrogen-bond donors (Lipinski definition) is 1. The highest BCUT2D eigenvalue weighted by Gasteiger charge is 2.09. The van der Waals surface area contributed by atoms with Crippen molar-refractivity contribution >= 4 is 0 Å². The van der Waals surface area contributed by atoms with E-state index in [1.165, 1.54) is 96.3 Å². The van der Waals surface area contributed by atoms with Crippen LogP contribution in [0.5, 0.6) is 0 Å². The first-order valence-electron chi connectivity index (χ1n) is 10.5. The largest absolute Gasteiger partial charge is 0.312 e. The van der Waals surface area contributed by atoms with Crippen molar-refractivity contribution in [3.63, 3.8) is 0 Å². The summed E-state index contributed by atoms with van der Waals surface area (Å²) in [5, 5.41) is 3.79. The molecule has 1 nitrogen and oxygen atoms in total. The fraction of sp³-hybridized carbons (Fsp3) is 1.00. The molecule has 22 heavy (non-hydrogen) atoms.